The van der Waals surface area contributed by atoms with Gasteiger partial charge in [-0.1, -0.05) is 30.3 Å². The molecule has 0 spiro atoms. The minimum absolute atomic E-state index is 0.0827. The monoisotopic (exact) mass is 301 g/mol. The second kappa shape index (κ2) is 8.52. The Morgan fingerprint density at radius 1 is 1.27 bits per heavy atom. The van der Waals surface area contributed by atoms with E-state index in [1.165, 1.54) is 5.56 Å². The van der Waals surface area contributed by atoms with Crippen LogP contribution < -0.4 is 0 Å². The second-order valence-electron chi connectivity index (χ2n) is 5.59. The number of benzene rings is 1. The molecule has 0 bridgehead atoms. The predicted octanol–water partition coefficient (Wildman–Crippen LogP) is 1.51. The number of carbonyl (C=O) groups is 1. The largest absolute Gasteiger partial charge is 0.465 e. The fraction of sp³-hybridized carbons (Fsp3) is 0.529. The normalized spacial score (nSPS) is 20.1. The average molecular weight is 301 g/mol. The molecule has 1 heterocycles. The van der Waals surface area contributed by atoms with Gasteiger partial charge in [0.15, 0.2) is 0 Å². The summed E-state index contributed by atoms with van der Waals surface area (Å²) in [6.07, 6.45) is 0. The number of carbonyl (C=O) groups excluding carboxylic acids is 1. The van der Waals surface area contributed by atoms with E-state index in [0.717, 1.165) is 26.2 Å². The van der Waals surface area contributed by atoms with Gasteiger partial charge in [0.25, 0.3) is 0 Å². The fourth-order valence-corrected chi connectivity index (χ4v) is 2.75. The molecule has 22 heavy (non-hydrogen) atoms. The topological polar surface area (TPSA) is 56.6 Å². The van der Waals surface area contributed by atoms with E-state index >= 15 is 0 Å². The van der Waals surface area contributed by atoms with Crippen molar-refractivity contribution in [3.8, 4) is 6.07 Å². The lowest BCUT2D eigenvalue weighted by atomic mass is 10.1. The third-order valence-corrected chi connectivity index (χ3v) is 3.78. The molecule has 118 valence electrons. The van der Waals surface area contributed by atoms with Gasteiger partial charge >= 0.3 is 5.97 Å². The molecule has 0 amide bonds. The molecule has 1 saturated heterocycles. The molecule has 0 radical (unpaired) electrons. The summed E-state index contributed by atoms with van der Waals surface area (Å²) in [4.78, 5) is 15.9. The van der Waals surface area contributed by atoms with Gasteiger partial charge in [0.05, 0.1) is 25.1 Å². The van der Waals surface area contributed by atoms with Gasteiger partial charge in [0.1, 0.15) is 0 Å². The first-order valence-corrected chi connectivity index (χ1v) is 7.75. The van der Waals surface area contributed by atoms with Gasteiger partial charge in [-0.3, -0.25) is 14.6 Å². The third-order valence-electron chi connectivity index (χ3n) is 3.78. The van der Waals surface area contributed by atoms with Gasteiger partial charge in [-0.05, 0) is 12.5 Å². The highest BCUT2D eigenvalue weighted by atomic mass is 16.5. The van der Waals surface area contributed by atoms with Crippen LogP contribution in [0.15, 0.2) is 30.3 Å². The molecule has 5 nitrogen and oxygen atoms in total. The van der Waals surface area contributed by atoms with Gasteiger partial charge in [-0.25, -0.2) is 0 Å². The summed E-state index contributed by atoms with van der Waals surface area (Å²) in [7, 11) is 0. The van der Waals surface area contributed by atoms with Crippen LogP contribution in [0.25, 0.3) is 0 Å². The molecule has 1 aliphatic rings. The molecular formula is C17H23N3O2. The maximum absolute atomic E-state index is 11.6. The van der Waals surface area contributed by atoms with Crippen molar-refractivity contribution in [2.45, 2.75) is 13.5 Å². The zero-order chi connectivity index (χ0) is 15.8. The van der Waals surface area contributed by atoms with Gasteiger partial charge in [0.2, 0.25) is 0 Å². The standard InChI is InChI=1S/C17H23N3O2/c1-2-22-17(21)14-20-9-8-19(12-16(10-18)13-20)11-15-6-4-3-5-7-15/h3-7,16H,2,8-9,11-14H2,1H3/t16-/m1/s1. The van der Waals surface area contributed by atoms with Crippen molar-refractivity contribution in [2.24, 2.45) is 5.92 Å². The highest BCUT2D eigenvalue weighted by Gasteiger charge is 2.24. The van der Waals surface area contributed by atoms with Gasteiger partial charge in [0, 0.05) is 32.7 Å². The Labute approximate surface area is 132 Å². The lowest BCUT2D eigenvalue weighted by Crippen LogP contribution is -2.35. The van der Waals surface area contributed by atoms with E-state index in [1.807, 2.05) is 23.1 Å². The first-order chi connectivity index (χ1) is 10.7. The van der Waals surface area contributed by atoms with Crippen LogP contribution in [0, 0.1) is 17.2 Å². The zero-order valence-corrected chi connectivity index (χ0v) is 13.1. The number of hydrogen-bond acceptors (Lipinski definition) is 5. The molecule has 0 N–H and O–H groups in total. The number of ether oxygens (including phenoxy) is 1. The van der Waals surface area contributed by atoms with Crippen molar-refractivity contribution in [2.75, 3.05) is 39.3 Å². The van der Waals surface area contributed by atoms with Crippen molar-refractivity contribution in [1.29, 1.82) is 5.26 Å². The van der Waals surface area contributed by atoms with E-state index in [0.29, 0.717) is 13.2 Å². The first-order valence-electron chi connectivity index (χ1n) is 7.75. The van der Waals surface area contributed by atoms with Gasteiger partial charge in [-0.2, -0.15) is 5.26 Å². The van der Waals surface area contributed by atoms with Crippen LogP contribution in [0.3, 0.4) is 0 Å². The summed E-state index contributed by atoms with van der Waals surface area (Å²) in [5.41, 5.74) is 1.25. The van der Waals surface area contributed by atoms with Crippen LogP contribution in [0.1, 0.15) is 12.5 Å². The molecule has 0 saturated carbocycles. The lowest BCUT2D eigenvalue weighted by molar-refractivity contribution is -0.144. The first kappa shape index (κ1) is 16.5. The molecule has 1 fully saturated rings. The van der Waals surface area contributed by atoms with Gasteiger partial charge in [-0.15, -0.1) is 0 Å². The van der Waals surface area contributed by atoms with Gasteiger partial charge < -0.3 is 4.74 Å². The molecule has 1 aliphatic heterocycles. The Hall–Kier alpha value is -1.90. The summed E-state index contributed by atoms with van der Waals surface area (Å²) in [6, 6.07) is 12.6. The van der Waals surface area contributed by atoms with Crippen molar-refractivity contribution in [3.63, 3.8) is 0 Å². The Kier molecular flexibility index (Phi) is 6.38. The molecule has 0 unspecified atom stereocenters. The maximum Gasteiger partial charge on any atom is 0.320 e. The SMILES string of the molecule is CCOC(=O)CN1CCN(Cc2ccccc2)C[C@@H](C#N)C1. The summed E-state index contributed by atoms with van der Waals surface area (Å²) in [5.74, 6) is -0.295. The fourth-order valence-electron chi connectivity index (χ4n) is 2.75. The molecule has 0 aromatic heterocycles. The van der Waals surface area contributed by atoms with Crippen molar-refractivity contribution in [1.82, 2.24) is 9.80 Å². The predicted molar refractivity (Wildman–Crippen MR) is 83.9 cm³/mol. The highest BCUT2D eigenvalue weighted by Crippen LogP contribution is 2.12. The van der Waals surface area contributed by atoms with Crippen molar-refractivity contribution >= 4 is 5.97 Å². The van der Waals surface area contributed by atoms with E-state index in [4.69, 9.17) is 4.74 Å². The van der Waals surface area contributed by atoms with Crippen LogP contribution in [-0.4, -0.2) is 55.1 Å². The highest BCUT2D eigenvalue weighted by molar-refractivity contribution is 5.71. The average Bonchev–Trinajstić information content (AvgIpc) is 2.71. The molecule has 0 aliphatic carbocycles. The number of hydrogen-bond donors (Lipinski definition) is 0. The molecule has 2 rings (SSSR count). The van der Waals surface area contributed by atoms with Crippen LogP contribution in [0.5, 0.6) is 0 Å². The quantitative estimate of drug-likeness (QED) is 0.772. The van der Waals surface area contributed by atoms with E-state index in [9.17, 15) is 10.1 Å². The van der Waals surface area contributed by atoms with E-state index < -0.39 is 0 Å². The van der Waals surface area contributed by atoms with Crippen molar-refractivity contribution < 1.29 is 9.53 Å². The number of nitriles is 1. The van der Waals surface area contributed by atoms with Crippen LogP contribution in [0.2, 0.25) is 0 Å². The van der Waals surface area contributed by atoms with Crippen LogP contribution in [-0.2, 0) is 16.1 Å². The van der Waals surface area contributed by atoms with Crippen LogP contribution >= 0.6 is 0 Å². The Morgan fingerprint density at radius 3 is 2.64 bits per heavy atom. The Balaban J connectivity index is 1.94. The second-order valence-corrected chi connectivity index (χ2v) is 5.59. The summed E-state index contributed by atoms with van der Waals surface area (Å²) in [5, 5.41) is 9.34. The third kappa shape index (κ3) is 5.14. The summed E-state index contributed by atoms with van der Waals surface area (Å²) >= 11 is 0. The molecule has 1 aromatic carbocycles. The maximum atomic E-state index is 11.6. The molecule has 5 heteroatoms. The minimum atomic E-state index is -0.212. The number of rotatable bonds is 5. The minimum Gasteiger partial charge on any atom is -0.465 e. The van der Waals surface area contributed by atoms with E-state index in [1.54, 1.807) is 6.92 Å². The summed E-state index contributed by atoms with van der Waals surface area (Å²) in [6.45, 7) is 6.31. The molecular weight excluding hydrogens is 278 g/mol. The Bertz CT molecular complexity index is 512. The molecule has 1 atom stereocenters. The number of nitrogens with zero attached hydrogens (tertiary/aromatic N) is 3. The number of esters is 1. The molecule has 1 aromatic rings. The smallest absolute Gasteiger partial charge is 0.320 e. The van der Waals surface area contributed by atoms with Crippen molar-refractivity contribution in [3.05, 3.63) is 35.9 Å². The van der Waals surface area contributed by atoms with E-state index in [2.05, 4.69) is 23.1 Å². The van der Waals surface area contributed by atoms with Crippen LogP contribution in [0.4, 0.5) is 0 Å². The summed E-state index contributed by atoms with van der Waals surface area (Å²) < 4.78 is 5.00. The van der Waals surface area contributed by atoms with E-state index in [-0.39, 0.29) is 18.4 Å². The Morgan fingerprint density at radius 2 is 1.95 bits per heavy atom. The lowest BCUT2D eigenvalue weighted by Gasteiger charge is -2.21. The zero-order valence-electron chi connectivity index (χ0n) is 13.1.